The van der Waals surface area contributed by atoms with Crippen LogP contribution < -0.4 is 5.56 Å². The Morgan fingerprint density at radius 2 is 1.83 bits per heavy atom. The average molecular weight is 405 g/mol. The van der Waals surface area contributed by atoms with Crippen molar-refractivity contribution < 1.29 is 4.79 Å². The maximum absolute atomic E-state index is 13.1. The Bertz CT molecular complexity index is 1290. The number of benzene rings is 2. The Balaban J connectivity index is 1.53. The van der Waals surface area contributed by atoms with Crippen molar-refractivity contribution >= 4 is 23.2 Å². The molecule has 1 amide bonds. The molecular weight excluding hydrogens is 388 g/mol. The van der Waals surface area contributed by atoms with Crippen molar-refractivity contribution in [3.8, 4) is 11.3 Å². The van der Waals surface area contributed by atoms with Crippen LogP contribution in [-0.2, 0) is 13.0 Å². The summed E-state index contributed by atoms with van der Waals surface area (Å²) in [6.45, 7) is 0.712. The van der Waals surface area contributed by atoms with Crippen LogP contribution in [0.2, 0.25) is 5.02 Å². The molecule has 0 atom stereocenters. The topological polar surface area (TPSA) is 70.5 Å². The van der Waals surface area contributed by atoms with Gasteiger partial charge in [-0.2, -0.15) is 0 Å². The molecule has 0 aliphatic carbocycles. The average Bonchev–Trinajstić information content (AvgIpc) is 3.19. The van der Waals surface area contributed by atoms with E-state index in [1.54, 1.807) is 29.2 Å². The van der Waals surface area contributed by atoms with Crippen LogP contribution in [-0.4, -0.2) is 31.9 Å². The highest BCUT2D eigenvalue weighted by atomic mass is 35.5. The standard InChI is InChI=1S/C22H17ClN4O2/c23-17-9-5-4-8-15(17)21(28)26-11-10-18-16(13-26)22(29)27-20(24-18)12-19(25-27)14-6-2-1-3-7-14/h1-9,12,25H,10-11,13H2. The second kappa shape index (κ2) is 6.90. The number of rotatable bonds is 2. The number of hydrogen-bond acceptors (Lipinski definition) is 3. The van der Waals surface area contributed by atoms with Crippen molar-refractivity contribution in [3.63, 3.8) is 0 Å². The smallest absolute Gasteiger partial charge is 0.277 e. The van der Waals surface area contributed by atoms with Crippen molar-refractivity contribution in [1.82, 2.24) is 19.5 Å². The lowest BCUT2D eigenvalue weighted by Gasteiger charge is -2.28. The summed E-state index contributed by atoms with van der Waals surface area (Å²) in [7, 11) is 0. The highest BCUT2D eigenvalue weighted by molar-refractivity contribution is 6.33. The van der Waals surface area contributed by atoms with Gasteiger partial charge in [0.2, 0.25) is 0 Å². The third-order valence-corrected chi connectivity index (χ3v) is 5.57. The van der Waals surface area contributed by atoms with E-state index in [0.29, 0.717) is 34.8 Å². The van der Waals surface area contributed by atoms with Crippen LogP contribution in [0.5, 0.6) is 0 Å². The van der Waals surface area contributed by atoms with Crippen LogP contribution in [0.25, 0.3) is 16.9 Å². The number of hydrogen-bond donors (Lipinski definition) is 1. The third-order valence-electron chi connectivity index (χ3n) is 5.24. The minimum Gasteiger partial charge on any atom is -0.334 e. The number of H-pyrrole nitrogens is 1. The largest absolute Gasteiger partial charge is 0.334 e. The van der Waals surface area contributed by atoms with E-state index < -0.39 is 0 Å². The molecule has 2 aromatic heterocycles. The van der Waals surface area contributed by atoms with Gasteiger partial charge in [-0.1, -0.05) is 54.1 Å². The highest BCUT2D eigenvalue weighted by Crippen LogP contribution is 2.23. The number of aromatic nitrogens is 3. The Kier molecular flexibility index (Phi) is 4.21. The zero-order chi connectivity index (χ0) is 20.0. The van der Waals surface area contributed by atoms with Gasteiger partial charge in [0.05, 0.1) is 34.1 Å². The summed E-state index contributed by atoms with van der Waals surface area (Å²) >= 11 is 6.18. The quantitative estimate of drug-likeness (QED) is 0.555. The van der Waals surface area contributed by atoms with E-state index in [0.717, 1.165) is 17.0 Å². The zero-order valence-electron chi connectivity index (χ0n) is 15.4. The first-order valence-corrected chi connectivity index (χ1v) is 9.72. The lowest BCUT2D eigenvalue weighted by Crippen LogP contribution is -2.40. The molecule has 0 bridgehead atoms. The van der Waals surface area contributed by atoms with Gasteiger partial charge in [0, 0.05) is 19.0 Å². The van der Waals surface area contributed by atoms with Crippen LogP contribution in [0.15, 0.2) is 65.5 Å². The maximum atomic E-state index is 13.1. The van der Waals surface area contributed by atoms with Crippen LogP contribution in [0.4, 0.5) is 0 Å². The van der Waals surface area contributed by atoms with Crippen LogP contribution in [0.3, 0.4) is 0 Å². The summed E-state index contributed by atoms with van der Waals surface area (Å²) in [4.78, 5) is 32.3. The zero-order valence-corrected chi connectivity index (χ0v) is 16.2. The van der Waals surface area contributed by atoms with E-state index in [2.05, 4.69) is 10.1 Å². The molecule has 0 saturated heterocycles. The van der Waals surface area contributed by atoms with Gasteiger partial charge >= 0.3 is 0 Å². The summed E-state index contributed by atoms with van der Waals surface area (Å²) in [5.41, 5.74) is 3.93. The predicted octanol–water partition coefficient (Wildman–Crippen LogP) is 3.54. The molecule has 0 fully saturated rings. The molecule has 29 heavy (non-hydrogen) atoms. The molecule has 0 spiro atoms. The fraction of sp³-hybridized carbons (Fsp3) is 0.136. The molecule has 0 saturated carbocycles. The van der Waals surface area contributed by atoms with Gasteiger partial charge in [0.15, 0.2) is 5.65 Å². The first-order chi connectivity index (χ1) is 14.1. The van der Waals surface area contributed by atoms with Crippen molar-refractivity contribution in [2.45, 2.75) is 13.0 Å². The van der Waals surface area contributed by atoms with Gasteiger partial charge in [-0.15, -0.1) is 0 Å². The monoisotopic (exact) mass is 404 g/mol. The highest BCUT2D eigenvalue weighted by Gasteiger charge is 2.27. The van der Waals surface area contributed by atoms with Gasteiger partial charge in [-0.3, -0.25) is 14.7 Å². The lowest BCUT2D eigenvalue weighted by molar-refractivity contribution is 0.0732. The number of carbonyl (C=O) groups is 1. The molecule has 6 nitrogen and oxygen atoms in total. The second-order valence-corrected chi connectivity index (χ2v) is 7.44. The molecule has 1 aliphatic heterocycles. The summed E-state index contributed by atoms with van der Waals surface area (Å²) < 4.78 is 1.45. The summed E-state index contributed by atoms with van der Waals surface area (Å²) in [6.07, 6.45) is 0.531. The molecule has 144 valence electrons. The number of halogens is 1. The molecular formula is C22H17ClN4O2. The number of nitrogens with one attached hydrogen (secondary N) is 1. The van der Waals surface area contributed by atoms with E-state index in [1.165, 1.54) is 4.52 Å². The number of amides is 1. The molecule has 3 heterocycles. The van der Waals surface area contributed by atoms with Crippen molar-refractivity contribution in [3.05, 3.63) is 92.9 Å². The molecule has 1 aliphatic rings. The van der Waals surface area contributed by atoms with E-state index in [1.807, 2.05) is 36.4 Å². The first kappa shape index (κ1) is 17.7. The fourth-order valence-corrected chi connectivity index (χ4v) is 3.94. The van der Waals surface area contributed by atoms with E-state index in [9.17, 15) is 9.59 Å². The Labute approximate surface area is 171 Å². The lowest BCUT2D eigenvalue weighted by atomic mass is 10.1. The summed E-state index contributed by atoms with van der Waals surface area (Å²) in [5, 5.41) is 3.54. The third kappa shape index (κ3) is 3.02. The van der Waals surface area contributed by atoms with Gasteiger partial charge in [0.1, 0.15) is 0 Å². The Hall–Kier alpha value is -3.38. The SMILES string of the molecule is O=C(c1ccccc1Cl)N1CCc2nc3cc(-c4ccccc4)[nH]n3c(=O)c2C1. The maximum Gasteiger partial charge on any atom is 0.277 e. The molecule has 0 radical (unpaired) electrons. The fourth-order valence-electron chi connectivity index (χ4n) is 3.73. The molecule has 4 aromatic rings. The van der Waals surface area contributed by atoms with Crippen LogP contribution in [0, 0.1) is 0 Å². The van der Waals surface area contributed by atoms with Gasteiger partial charge in [-0.05, 0) is 17.7 Å². The number of carbonyl (C=O) groups excluding carboxylic acids is 1. The van der Waals surface area contributed by atoms with Gasteiger partial charge in [-0.25, -0.2) is 9.50 Å². The first-order valence-electron chi connectivity index (χ1n) is 9.34. The van der Waals surface area contributed by atoms with E-state index in [-0.39, 0.29) is 18.0 Å². The minimum absolute atomic E-state index is 0.177. The molecule has 7 heteroatoms. The number of aromatic amines is 1. The van der Waals surface area contributed by atoms with Gasteiger partial charge < -0.3 is 4.90 Å². The Morgan fingerprint density at radius 1 is 1.07 bits per heavy atom. The number of nitrogens with zero attached hydrogens (tertiary/aromatic N) is 3. The normalized spacial score (nSPS) is 13.5. The van der Waals surface area contributed by atoms with Crippen molar-refractivity contribution in [2.75, 3.05) is 6.54 Å². The van der Waals surface area contributed by atoms with E-state index >= 15 is 0 Å². The molecule has 0 unspecified atom stereocenters. The predicted molar refractivity (Wildman–Crippen MR) is 111 cm³/mol. The second-order valence-electron chi connectivity index (χ2n) is 7.03. The van der Waals surface area contributed by atoms with Crippen LogP contribution in [0.1, 0.15) is 21.6 Å². The van der Waals surface area contributed by atoms with Crippen molar-refractivity contribution in [2.24, 2.45) is 0 Å². The molecule has 2 aromatic carbocycles. The minimum atomic E-state index is -0.179. The number of fused-ring (bicyclic) bond motifs is 2. The Morgan fingerprint density at radius 3 is 2.62 bits per heavy atom. The summed E-state index contributed by atoms with van der Waals surface area (Å²) in [5.74, 6) is -0.179. The van der Waals surface area contributed by atoms with Gasteiger partial charge in [0.25, 0.3) is 11.5 Å². The summed E-state index contributed by atoms with van der Waals surface area (Å²) in [6, 6.07) is 18.6. The van der Waals surface area contributed by atoms with Crippen LogP contribution >= 0.6 is 11.6 Å². The molecule has 5 rings (SSSR count). The van der Waals surface area contributed by atoms with E-state index in [4.69, 9.17) is 11.6 Å². The molecule has 1 N–H and O–H groups in total. The van der Waals surface area contributed by atoms with Crippen molar-refractivity contribution in [1.29, 1.82) is 0 Å².